The van der Waals surface area contributed by atoms with Crippen LogP contribution in [0.2, 0.25) is 0 Å². The highest BCUT2D eigenvalue weighted by molar-refractivity contribution is 5.87. The van der Waals surface area contributed by atoms with Gasteiger partial charge in [0.2, 0.25) is 6.79 Å². The Morgan fingerprint density at radius 1 is 1.07 bits per heavy atom. The zero-order chi connectivity index (χ0) is 20.5. The van der Waals surface area contributed by atoms with Gasteiger partial charge in [-0.1, -0.05) is 32.6 Å². The van der Waals surface area contributed by atoms with Crippen LogP contribution in [0.3, 0.4) is 0 Å². The van der Waals surface area contributed by atoms with Crippen LogP contribution in [0.15, 0.2) is 12.1 Å². The number of aryl methyl sites for hydroxylation is 1. The number of carbonyl (C=O) groups is 1. The summed E-state index contributed by atoms with van der Waals surface area (Å²) in [5.41, 5.74) is 1.54. The SMILES string of the molecule is CCCCCCCc1c(C)nc2cc(F)cc(F)c2c1OCOC(=O)OCC. The topological polar surface area (TPSA) is 57.7 Å². The second-order valence-electron chi connectivity index (χ2n) is 6.54. The molecule has 1 heterocycles. The number of nitrogens with zero attached hydrogens (tertiary/aromatic N) is 1. The number of fused-ring (bicyclic) bond motifs is 1. The lowest BCUT2D eigenvalue weighted by Gasteiger charge is -2.17. The number of benzene rings is 1. The molecule has 0 spiro atoms. The maximum Gasteiger partial charge on any atom is 0.511 e. The molecule has 1 aromatic carbocycles. The fraction of sp³-hybridized carbons (Fsp3) is 0.524. The van der Waals surface area contributed by atoms with Crippen molar-refractivity contribution in [3.8, 4) is 5.75 Å². The molecule has 2 rings (SSSR count). The summed E-state index contributed by atoms with van der Waals surface area (Å²) in [6.45, 7) is 5.32. The summed E-state index contributed by atoms with van der Waals surface area (Å²) in [6, 6.07) is 1.96. The standard InChI is InChI=1S/C21H27F2NO4/c1-4-6-7-8-9-10-16-14(3)24-18-12-15(22)11-17(23)19(18)20(16)27-13-28-21(25)26-5-2/h11-12H,4-10,13H2,1-3H3. The van der Waals surface area contributed by atoms with Crippen molar-refractivity contribution in [1.82, 2.24) is 4.98 Å². The molecule has 0 saturated heterocycles. The smallest absolute Gasteiger partial charge is 0.456 e. The molecule has 2 aromatic rings. The maximum absolute atomic E-state index is 14.5. The molecule has 0 saturated carbocycles. The van der Waals surface area contributed by atoms with Crippen LogP contribution in [0, 0.1) is 18.6 Å². The van der Waals surface area contributed by atoms with Gasteiger partial charge in [0.1, 0.15) is 17.4 Å². The molecule has 0 N–H and O–H groups in total. The largest absolute Gasteiger partial charge is 0.511 e. The van der Waals surface area contributed by atoms with Crippen molar-refractivity contribution < 1.29 is 27.8 Å². The van der Waals surface area contributed by atoms with Crippen molar-refractivity contribution in [2.45, 2.75) is 59.3 Å². The zero-order valence-electron chi connectivity index (χ0n) is 16.6. The van der Waals surface area contributed by atoms with Gasteiger partial charge in [0.05, 0.1) is 17.5 Å². The summed E-state index contributed by atoms with van der Waals surface area (Å²) in [5, 5.41) is 0.0861. The monoisotopic (exact) mass is 395 g/mol. The molecule has 0 fully saturated rings. The Bertz CT molecular complexity index is 811. The first-order valence-electron chi connectivity index (χ1n) is 9.68. The highest BCUT2D eigenvalue weighted by Crippen LogP contribution is 2.34. The number of pyridine rings is 1. The van der Waals surface area contributed by atoms with Gasteiger partial charge < -0.3 is 14.2 Å². The minimum Gasteiger partial charge on any atom is -0.456 e. The number of rotatable bonds is 10. The van der Waals surface area contributed by atoms with Crippen LogP contribution in [0.25, 0.3) is 10.9 Å². The summed E-state index contributed by atoms with van der Waals surface area (Å²) in [4.78, 5) is 15.7. The minimum atomic E-state index is -0.870. The summed E-state index contributed by atoms with van der Waals surface area (Å²) in [5.74, 6) is -1.24. The van der Waals surface area contributed by atoms with E-state index in [-0.39, 0.29) is 23.3 Å². The fourth-order valence-electron chi connectivity index (χ4n) is 3.09. The molecule has 0 aliphatic rings. The van der Waals surface area contributed by atoms with Crippen LogP contribution in [-0.2, 0) is 15.9 Å². The Morgan fingerprint density at radius 3 is 2.54 bits per heavy atom. The average Bonchev–Trinajstić information content (AvgIpc) is 2.62. The molecular weight excluding hydrogens is 368 g/mol. The van der Waals surface area contributed by atoms with E-state index in [0.717, 1.165) is 43.4 Å². The van der Waals surface area contributed by atoms with Gasteiger partial charge in [0.15, 0.2) is 0 Å². The number of aromatic nitrogens is 1. The number of carbonyl (C=O) groups excluding carboxylic acids is 1. The highest BCUT2D eigenvalue weighted by Gasteiger charge is 2.19. The Hall–Kier alpha value is -2.44. The lowest BCUT2D eigenvalue weighted by Crippen LogP contribution is -2.13. The molecule has 28 heavy (non-hydrogen) atoms. The lowest BCUT2D eigenvalue weighted by molar-refractivity contribution is 0.00700. The van der Waals surface area contributed by atoms with E-state index in [2.05, 4.69) is 16.6 Å². The summed E-state index contributed by atoms with van der Waals surface area (Å²) < 4.78 is 43.3. The van der Waals surface area contributed by atoms with Crippen LogP contribution in [0.5, 0.6) is 5.75 Å². The van der Waals surface area contributed by atoms with E-state index in [4.69, 9.17) is 9.47 Å². The third kappa shape index (κ3) is 5.78. The van der Waals surface area contributed by atoms with E-state index in [1.807, 2.05) is 0 Å². The van der Waals surface area contributed by atoms with Crippen molar-refractivity contribution in [2.24, 2.45) is 0 Å². The number of unbranched alkanes of at least 4 members (excludes halogenated alkanes) is 4. The second-order valence-corrected chi connectivity index (χ2v) is 6.54. The Morgan fingerprint density at radius 2 is 1.82 bits per heavy atom. The quantitative estimate of drug-likeness (QED) is 0.287. The van der Waals surface area contributed by atoms with Crippen LogP contribution in [0.1, 0.15) is 57.2 Å². The molecular formula is C21H27F2NO4. The van der Waals surface area contributed by atoms with Gasteiger partial charge in [0.25, 0.3) is 0 Å². The fourth-order valence-corrected chi connectivity index (χ4v) is 3.09. The second kappa shape index (κ2) is 10.8. The first-order valence-corrected chi connectivity index (χ1v) is 9.68. The van der Waals surface area contributed by atoms with E-state index in [1.54, 1.807) is 13.8 Å². The van der Waals surface area contributed by atoms with E-state index >= 15 is 0 Å². The van der Waals surface area contributed by atoms with E-state index in [0.29, 0.717) is 12.1 Å². The van der Waals surface area contributed by atoms with Gasteiger partial charge in [-0.05, 0) is 26.7 Å². The Labute approximate surface area is 164 Å². The van der Waals surface area contributed by atoms with Gasteiger partial charge in [-0.2, -0.15) is 0 Å². The summed E-state index contributed by atoms with van der Waals surface area (Å²) in [6.07, 6.45) is 5.14. The first kappa shape index (κ1) is 21.9. The molecule has 0 aliphatic heterocycles. The third-order valence-electron chi connectivity index (χ3n) is 4.43. The van der Waals surface area contributed by atoms with Gasteiger partial charge in [-0.25, -0.2) is 13.6 Å². The first-order chi connectivity index (χ1) is 13.5. The highest BCUT2D eigenvalue weighted by atomic mass is 19.1. The van der Waals surface area contributed by atoms with E-state index in [9.17, 15) is 13.6 Å². The predicted molar refractivity (Wildman–Crippen MR) is 102 cm³/mol. The number of halogens is 2. The third-order valence-corrected chi connectivity index (χ3v) is 4.43. The average molecular weight is 395 g/mol. The summed E-state index contributed by atoms with van der Waals surface area (Å²) >= 11 is 0. The van der Waals surface area contributed by atoms with Gasteiger partial charge in [0, 0.05) is 23.4 Å². The van der Waals surface area contributed by atoms with Crippen molar-refractivity contribution in [3.05, 3.63) is 35.0 Å². The molecule has 1 aromatic heterocycles. The van der Waals surface area contributed by atoms with Crippen molar-refractivity contribution in [3.63, 3.8) is 0 Å². The van der Waals surface area contributed by atoms with Crippen molar-refractivity contribution in [1.29, 1.82) is 0 Å². The van der Waals surface area contributed by atoms with Crippen LogP contribution in [0.4, 0.5) is 13.6 Å². The molecule has 0 aliphatic carbocycles. The summed E-state index contributed by atoms with van der Waals surface area (Å²) in [7, 11) is 0. The van der Waals surface area contributed by atoms with E-state index in [1.165, 1.54) is 6.42 Å². The Balaban J connectivity index is 2.30. The van der Waals surface area contributed by atoms with Gasteiger partial charge in [-0.15, -0.1) is 0 Å². The van der Waals surface area contributed by atoms with E-state index < -0.39 is 24.6 Å². The Kier molecular flexibility index (Phi) is 8.42. The molecule has 0 amide bonds. The molecule has 7 heteroatoms. The zero-order valence-corrected chi connectivity index (χ0v) is 16.6. The van der Waals surface area contributed by atoms with Crippen molar-refractivity contribution in [2.75, 3.05) is 13.4 Å². The molecule has 154 valence electrons. The maximum atomic E-state index is 14.5. The predicted octanol–water partition coefficient (Wildman–Crippen LogP) is 5.84. The molecule has 0 atom stereocenters. The molecule has 0 bridgehead atoms. The molecule has 0 unspecified atom stereocenters. The number of hydrogen-bond acceptors (Lipinski definition) is 5. The minimum absolute atomic E-state index is 0.0861. The lowest BCUT2D eigenvalue weighted by atomic mass is 10.0. The molecule has 0 radical (unpaired) electrons. The number of hydrogen-bond donors (Lipinski definition) is 0. The molecule has 5 nitrogen and oxygen atoms in total. The van der Waals surface area contributed by atoms with Gasteiger partial charge in [-0.3, -0.25) is 4.98 Å². The number of ether oxygens (including phenoxy) is 3. The van der Waals surface area contributed by atoms with Gasteiger partial charge >= 0.3 is 6.16 Å². The van der Waals surface area contributed by atoms with Crippen LogP contribution >= 0.6 is 0 Å². The van der Waals surface area contributed by atoms with Crippen molar-refractivity contribution >= 4 is 17.1 Å². The van der Waals surface area contributed by atoms with Crippen LogP contribution in [-0.4, -0.2) is 24.5 Å². The normalized spacial score (nSPS) is 10.9. The van der Waals surface area contributed by atoms with Crippen LogP contribution < -0.4 is 4.74 Å².